The zero-order valence-electron chi connectivity index (χ0n) is 7.86. The fourth-order valence-electron chi connectivity index (χ4n) is 1.23. The molecule has 0 unspecified atom stereocenters. The van der Waals surface area contributed by atoms with Crippen molar-refractivity contribution in [3.63, 3.8) is 0 Å². The lowest BCUT2D eigenvalue weighted by atomic mass is 10.1. The first-order chi connectivity index (χ1) is 6.29. The Morgan fingerprint density at radius 2 is 1.69 bits per heavy atom. The van der Waals surface area contributed by atoms with Crippen LogP contribution in [0.1, 0.15) is 5.56 Å². The quantitative estimate of drug-likeness (QED) is 0.709. The third kappa shape index (κ3) is 1.88. The Hall–Kier alpha value is -0.900. The lowest BCUT2D eigenvalue weighted by Gasteiger charge is -2.28. The van der Waals surface area contributed by atoms with Gasteiger partial charge >= 0.3 is 0 Å². The second-order valence-electron chi connectivity index (χ2n) is 2.69. The topological polar surface area (TPSA) is 38.7 Å². The van der Waals surface area contributed by atoms with Gasteiger partial charge in [-0.25, -0.2) is 0 Å². The summed E-state index contributed by atoms with van der Waals surface area (Å²) >= 11 is 0. The molecule has 0 amide bonds. The molecule has 0 heterocycles. The van der Waals surface area contributed by atoms with Gasteiger partial charge < -0.3 is 14.6 Å². The highest BCUT2D eigenvalue weighted by Crippen LogP contribution is 2.24. The van der Waals surface area contributed by atoms with Crippen molar-refractivity contribution in [2.75, 3.05) is 20.8 Å². The zero-order valence-corrected chi connectivity index (χ0v) is 7.86. The molecule has 0 aliphatic rings. The van der Waals surface area contributed by atoms with E-state index in [9.17, 15) is 5.11 Å². The maximum Gasteiger partial charge on any atom is 0.218 e. The van der Waals surface area contributed by atoms with E-state index < -0.39 is 5.79 Å². The second-order valence-corrected chi connectivity index (χ2v) is 2.69. The van der Waals surface area contributed by atoms with Gasteiger partial charge in [-0.2, -0.15) is 0 Å². The lowest BCUT2D eigenvalue weighted by molar-refractivity contribution is -0.236. The summed E-state index contributed by atoms with van der Waals surface area (Å²) in [5.41, 5.74) is 0.808. The van der Waals surface area contributed by atoms with E-state index in [1.54, 1.807) is 0 Å². The molecule has 0 fully saturated rings. The first-order valence-corrected chi connectivity index (χ1v) is 4.06. The molecule has 0 aliphatic carbocycles. The number of methoxy groups -OCH3 is 2. The second kappa shape index (κ2) is 4.37. The van der Waals surface area contributed by atoms with Crippen molar-refractivity contribution in [2.24, 2.45) is 0 Å². The minimum atomic E-state index is -1.03. The van der Waals surface area contributed by atoms with Gasteiger partial charge in [0.2, 0.25) is 5.79 Å². The first kappa shape index (κ1) is 10.2. The molecule has 3 heteroatoms. The summed E-state index contributed by atoms with van der Waals surface area (Å²) in [5, 5.41) is 9.18. The van der Waals surface area contributed by atoms with Gasteiger partial charge in [0.05, 0.1) is 0 Å². The summed E-state index contributed by atoms with van der Waals surface area (Å²) in [6, 6.07) is 9.35. The maximum atomic E-state index is 9.18. The molecule has 0 atom stereocenters. The highest BCUT2D eigenvalue weighted by Gasteiger charge is 2.30. The van der Waals surface area contributed by atoms with Crippen LogP contribution in [-0.4, -0.2) is 25.9 Å². The van der Waals surface area contributed by atoms with E-state index in [0.717, 1.165) is 5.56 Å². The molecule has 1 aromatic rings. The number of hydrogen-bond acceptors (Lipinski definition) is 3. The summed E-state index contributed by atoms with van der Waals surface area (Å²) in [6.45, 7) is -0.204. The minimum absolute atomic E-state index is 0.204. The maximum absolute atomic E-state index is 9.18. The van der Waals surface area contributed by atoms with Crippen molar-refractivity contribution in [3.8, 4) is 0 Å². The van der Waals surface area contributed by atoms with Crippen LogP contribution in [0.3, 0.4) is 0 Å². The van der Waals surface area contributed by atoms with Gasteiger partial charge in [0.15, 0.2) is 0 Å². The van der Waals surface area contributed by atoms with Crippen LogP contribution in [-0.2, 0) is 15.3 Å². The third-order valence-electron chi connectivity index (χ3n) is 2.08. The Morgan fingerprint density at radius 1 is 1.15 bits per heavy atom. The molecule has 0 saturated heterocycles. The first-order valence-electron chi connectivity index (χ1n) is 4.06. The third-order valence-corrected chi connectivity index (χ3v) is 2.08. The SMILES string of the molecule is COC(CO)(OC)c1ccccc1. The molecule has 13 heavy (non-hydrogen) atoms. The molecular formula is C10H14O3. The Balaban J connectivity index is 3.01. The highest BCUT2D eigenvalue weighted by atomic mass is 16.7. The van der Waals surface area contributed by atoms with E-state index in [1.807, 2.05) is 30.3 Å². The smallest absolute Gasteiger partial charge is 0.218 e. The van der Waals surface area contributed by atoms with Crippen LogP contribution in [0.25, 0.3) is 0 Å². The van der Waals surface area contributed by atoms with Gasteiger partial charge in [-0.1, -0.05) is 30.3 Å². The summed E-state index contributed by atoms with van der Waals surface area (Å²) in [7, 11) is 3.01. The molecule has 0 aliphatic heterocycles. The van der Waals surface area contributed by atoms with Crippen LogP contribution in [0.15, 0.2) is 30.3 Å². The molecule has 1 rings (SSSR count). The van der Waals surface area contributed by atoms with Crippen LogP contribution < -0.4 is 0 Å². The van der Waals surface area contributed by atoms with Crippen molar-refractivity contribution < 1.29 is 14.6 Å². The van der Waals surface area contributed by atoms with Gasteiger partial charge in [0, 0.05) is 19.8 Å². The average molecular weight is 182 g/mol. The number of hydrogen-bond donors (Lipinski definition) is 1. The van der Waals surface area contributed by atoms with Crippen molar-refractivity contribution in [3.05, 3.63) is 35.9 Å². The molecule has 3 nitrogen and oxygen atoms in total. The van der Waals surface area contributed by atoms with Gasteiger partial charge in [-0.15, -0.1) is 0 Å². The Bertz CT molecular complexity index is 233. The van der Waals surface area contributed by atoms with Crippen LogP contribution in [0.2, 0.25) is 0 Å². The Kier molecular flexibility index (Phi) is 3.42. The normalized spacial score (nSPS) is 11.6. The number of rotatable bonds is 4. The number of ether oxygens (including phenoxy) is 2. The van der Waals surface area contributed by atoms with Crippen molar-refractivity contribution in [2.45, 2.75) is 5.79 Å². The van der Waals surface area contributed by atoms with E-state index in [0.29, 0.717) is 0 Å². The zero-order chi connectivity index (χ0) is 9.73. The molecule has 0 bridgehead atoms. The molecule has 1 aromatic carbocycles. The number of benzene rings is 1. The van der Waals surface area contributed by atoms with Crippen LogP contribution >= 0.6 is 0 Å². The van der Waals surface area contributed by atoms with Crippen molar-refractivity contribution in [1.82, 2.24) is 0 Å². The standard InChI is InChI=1S/C10H14O3/c1-12-10(8-11,13-2)9-6-4-3-5-7-9/h3-7,11H,8H2,1-2H3. The van der Waals surface area contributed by atoms with Gasteiger partial charge in [-0.3, -0.25) is 0 Å². The van der Waals surface area contributed by atoms with E-state index in [-0.39, 0.29) is 6.61 Å². The summed E-state index contributed by atoms with van der Waals surface area (Å²) < 4.78 is 10.3. The Labute approximate surface area is 77.9 Å². The van der Waals surface area contributed by atoms with E-state index in [1.165, 1.54) is 14.2 Å². The predicted octanol–water partition coefficient (Wildman–Crippen LogP) is 1.12. The van der Waals surface area contributed by atoms with Gasteiger partial charge in [0.1, 0.15) is 6.61 Å². The van der Waals surface area contributed by atoms with Gasteiger partial charge in [0.25, 0.3) is 0 Å². The van der Waals surface area contributed by atoms with E-state index >= 15 is 0 Å². The van der Waals surface area contributed by atoms with Crippen molar-refractivity contribution in [1.29, 1.82) is 0 Å². The number of aliphatic hydroxyl groups excluding tert-OH is 1. The van der Waals surface area contributed by atoms with E-state index in [4.69, 9.17) is 9.47 Å². The largest absolute Gasteiger partial charge is 0.390 e. The van der Waals surface area contributed by atoms with Crippen LogP contribution in [0.5, 0.6) is 0 Å². The van der Waals surface area contributed by atoms with Crippen LogP contribution in [0, 0.1) is 0 Å². The summed E-state index contributed by atoms with van der Waals surface area (Å²) in [6.07, 6.45) is 0. The molecule has 0 spiro atoms. The van der Waals surface area contributed by atoms with Crippen molar-refractivity contribution >= 4 is 0 Å². The molecule has 1 N–H and O–H groups in total. The summed E-state index contributed by atoms with van der Waals surface area (Å²) in [5.74, 6) is -1.03. The van der Waals surface area contributed by atoms with E-state index in [2.05, 4.69) is 0 Å². The molecule has 72 valence electrons. The minimum Gasteiger partial charge on any atom is -0.390 e. The fourth-order valence-corrected chi connectivity index (χ4v) is 1.23. The predicted molar refractivity (Wildman–Crippen MR) is 49.2 cm³/mol. The lowest BCUT2D eigenvalue weighted by Crippen LogP contribution is -2.34. The van der Waals surface area contributed by atoms with Gasteiger partial charge in [-0.05, 0) is 0 Å². The molecule has 0 aromatic heterocycles. The molecule has 0 radical (unpaired) electrons. The van der Waals surface area contributed by atoms with Crippen LogP contribution in [0.4, 0.5) is 0 Å². The fraction of sp³-hybridized carbons (Fsp3) is 0.400. The average Bonchev–Trinajstić information content (AvgIpc) is 2.23. The Morgan fingerprint density at radius 3 is 2.08 bits per heavy atom. The highest BCUT2D eigenvalue weighted by molar-refractivity contribution is 5.20. The molecule has 0 saturated carbocycles. The molecular weight excluding hydrogens is 168 g/mol. The summed E-state index contributed by atoms with van der Waals surface area (Å²) in [4.78, 5) is 0. The monoisotopic (exact) mass is 182 g/mol. The number of aliphatic hydroxyl groups is 1.